The van der Waals surface area contributed by atoms with Gasteiger partial charge in [0, 0.05) is 34.1 Å². The molecule has 0 atom stereocenters. The highest BCUT2D eigenvalue weighted by atomic mass is 16.6. The summed E-state index contributed by atoms with van der Waals surface area (Å²) in [7, 11) is 4.97. The summed E-state index contributed by atoms with van der Waals surface area (Å²) in [6.07, 6.45) is 0. The summed E-state index contributed by atoms with van der Waals surface area (Å²) in [5, 5.41) is 0. The molecule has 0 aromatic heterocycles. The second kappa shape index (κ2) is 13.5. The maximum atomic E-state index is 12.7. The standard InChI is InChI=1S/C38H38N2O5/c1-38(2,3)45-37(41)27-7-9-28(10-8-27)39(31-15-21-34(42-4)22-16-31)29-11-13-30(14-12-29)40(32-17-23-35(43-5)24-18-32)33-19-25-36(44-6)26-20-33/h7-26H,1-6H3. The van der Waals surface area contributed by atoms with Gasteiger partial charge in [0.1, 0.15) is 22.8 Å². The second-order valence-electron chi connectivity index (χ2n) is 11.3. The van der Waals surface area contributed by atoms with Gasteiger partial charge in [0.15, 0.2) is 0 Å². The number of esters is 1. The first-order valence-corrected chi connectivity index (χ1v) is 14.6. The summed E-state index contributed by atoms with van der Waals surface area (Å²) in [5.41, 5.74) is 5.64. The molecule has 0 bridgehead atoms. The average Bonchev–Trinajstić information content (AvgIpc) is 3.06. The first kappa shape index (κ1) is 31.0. The highest BCUT2D eigenvalue weighted by Crippen LogP contribution is 2.40. The number of anilines is 6. The van der Waals surface area contributed by atoms with Gasteiger partial charge in [-0.15, -0.1) is 0 Å². The molecule has 5 aromatic rings. The zero-order valence-electron chi connectivity index (χ0n) is 26.5. The van der Waals surface area contributed by atoms with Gasteiger partial charge in [0.2, 0.25) is 0 Å². The number of carbonyl (C=O) groups is 1. The Kier molecular flexibility index (Phi) is 9.28. The predicted octanol–water partition coefficient (Wildman–Crippen LogP) is 9.61. The first-order valence-electron chi connectivity index (χ1n) is 14.6. The molecule has 0 aliphatic carbocycles. The van der Waals surface area contributed by atoms with Crippen LogP contribution in [0.3, 0.4) is 0 Å². The van der Waals surface area contributed by atoms with E-state index in [2.05, 4.69) is 34.1 Å². The number of benzene rings is 5. The molecule has 0 spiro atoms. The summed E-state index contributed by atoms with van der Waals surface area (Å²) < 4.78 is 21.8. The highest BCUT2D eigenvalue weighted by molar-refractivity contribution is 5.91. The molecule has 0 radical (unpaired) electrons. The van der Waals surface area contributed by atoms with Crippen LogP contribution < -0.4 is 24.0 Å². The van der Waals surface area contributed by atoms with Gasteiger partial charge in [0.05, 0.1) is 26.9 Å². The van der Waals surface area contributed by atoms with Crippen LogP contribution in [0.15, 0.2) is 121 Å². The summed E-state index contributed by atoms with van der Waals surface area (Å²) in [4.78, 5) is 17.0. The Hall–Kier alpha value is -5.43. The van der Waals surface area contributed by atoms with E-state index < -0.39 is 5.60 Å². The lowest BCUT2D eigenvalue weighted by atomic mass is 10.1. The van der Waals surface area contributed by atoms with Gasteiger partial charge >= 0.3 is 5.97 Å². The lowest BCUT2D eigenvalue weighted by Crippen LogP contribution is -2.23. The number of hydrogen-bond acceptors (Lipinski definition) is 7. The van der Waals surface area contributed by atoms with Gasteiger partial charge in [0.25, 0.3) is 0 Å². The number of nitrogens with zero attached hydrogens (tertiary/aromatic N) is 2. The zero-order valence-corrected chi connectivity index (χ0v) is 26.5. The molecule has 0 aliphatic rings. The fourth-order valence-electron chi connectivity index (χ4n) is 4.92. The molecule has 5 rings (SSSR count). The van der Waals surface area contributed by atoms with Gasteiger partial charge < -0.3 is 28.7 Å². The fourth-order valence-corrected chi connectivity index (χ4v) is 4.92. The summed E-state index contributed by atoms with van der Waals surface area (Å²) in [5.74, 6) is 1.99. The monoisotopic (exact) mass is 602 g/mol. The van der Waals surface area contributed by atoms with E-state index in [1.807, 2.05) is 106 Å². The van der Waals surface area contributed by atoms with Crippen LogP contribution in [-0.2, 0) is 4.74 Å². The second-order valence-corrected chi connectivity index (χ2v) is 11.3. The van der Waals surface area contributed by atoms with E-state index in [1.54, 1.807) is 33.5 Å². The van der Waals surface area contributed by atoms with Crippen LogP contribution >= 0.6 is 0 Å². The van der Waals surface area contributed by atoms with Crippen molar-refractivity contribution in [3.05, 3.63) is 127 Å². The molecule has 0 aliphatic heterocycles. The van der Waals surface area contributed by atoms with Crippen LogP contribution in [0, 0.1) is 0 Å². The third kappa shape index (κ3) is 7.39. The lowest BCUT2D eigenvalue weighted by molar-refractivity contribution is 0.00695. The molecule has 0 fully saturated rings. The van der Waals surface area contributed by atoms with E-state index in [1.165, 1.54) is 0 Å². The van der Waals surface area contributed by atoms with Crippen LogP contribution in [0.4, 0.5) is 34.1 Å². The number of ether oxygens (including phenoxy) is 4. The fraction of sp³-hybridized carbons (Fsp3) is 0.184. The molecule has 0 unspecified atom stereocenters. The Morgan fingerprint density at radius 3 is 0.933 bits per heavy atom. The molecule has 0 N–H and O–H groups in total. The number of carbonyl (C=O) groups excluding carboxylic acids is 1. The van der Waals surface area contributed by atoms with E-state index in [-0.39, 0.29) is 5.97 Å². The zero-order chi connectivity index (χ0) is 32.0. The molecule has 0 saturated carbocycles. The molecule has 45 heavy (non-hydrogen) atoms. The number of hydrogen-bond donors (Lipinski definition) is 0. The maximum absolute atomic E-state index is 12.7. The lowest BCUT2D eigenvalue weighted by Gasteiger charge is -2.28. The highest BCUT2D eigenvalue weighted by Gasteiger charge is 2.20. The maximum Gasteiger partial charge on any atom is 0.338 e. The minimum absolute atomic E-state index is 0.355. The molecule has 7 heteroatoms. The van der Waals surface area contributed by atoms with Crippen molar-refractivity contribution in [2.45, 2.75) is 26.4 Å². The summed E-state index contributed by atoms with van der Waals surface area (Å²) in [6.45, 7) is 5.58. The van der Waals surface area contributed by atoms with Gasteiger partial charge in [-0.05, 0) is 142 Å². The Balaban J connectivity index is 1.53. The van der Waals surface area contributed by atoms with E-state index in [0.29, 0.717) is 5.56 Å². The molecule has 0 amide bonds. The van der Waals surface area contributed by atoms with Gasteiger partial charge in [-0.3, -0.25) is 0 Å². The molecular weight excluding hydrogens is 564 g/mol. The van der Waals surface area contributed by atoms with Crippen LogP contribution in [0.25, 0.3) is 0 Å². The minimum Gasteiger partial charge on any atom is -0.497 e. The Bertz CT molecular complexity index is 1640. The van der Waals surface area contributed by atoms with Crippen molar-refractivity contribution >= 4 is 40.1 Å². The molecule has 5 aromatic carbocycles. The van der Waals surface area contributed by atoms with E-state index >= 15 is 0 Å². The van der Waals surface area contributed by atoms with Crippen molar-refractivity contribution in [2.24, 2.45) is 0 Å². The smallest absolute Gasteiger partial charge is 0.338 e. The van der Waals surface area contributed by atoms with Gasteiger partial charge in [-0.2, -0.15) is 0 Å². The number of methoxy groups -OCH3 is 3. The number of rotatable bonds is 10. The SMILES string of the molecule is COc1ccc(N(c2ccc(OC)cc2)c2ccc(N(c3ccc(OC)cc3)c3ccc(C(=O)OC(C)(C)C)cc3)cc2)cc1. The van der Waals surface area contributed by atoms with Crippen molar-refractivity contribution in [3.8, 4) is 17.2 Å². The van der Waals surface area contributed by atoms with Crippen LogP contribution in [-0.4, -0.2) is 32.9 Å². The van der Waals surface area contributed by atoms with Crippen LogP contribution in [0.1, 0.15) is 31.1 Å². The van der Waals surface area contributed by atoms with Gasteiger partial charge in [-0.1, -0.05) is 0 Å². The van der Waals surface area contributed by atoms with Crippen LogP contribution in [0.2, 0.25) is 0 Å². The largest absolute Gasteiger partial charge is 0.497 e. The van der Waals surface area contributed by atoms with Crippen LogP contribution in [0.5, 0.6) is 17.2 Å². The topological polar surface area (TPSA) is 60.5 Å². The van der Waals surface area contributed by atoms with Crippen molar-refractivity contribution in [1.82, 2.24) is 0 Å². The Labute approximate surface area is 265 Å². The first-order chi connectivity index (χ1) is 21.7. The molecule has 7 nitrogen and oxygen atoms in total. The normalized spacial score (nSPS) is 11.0. The van der Waals surface area contributed by atoms with Gasteiger partial charge in [-0.25, -0.2) is 4.79 Å². The van der Waals surface area contributed by atoms with E-state index in [4.69, 9.17) is 18.9 Å². The molecular formula is C38H38N2O5. The summed E-state index contributed by atoms with van der Waals surface area (Å²) >= 11 is 0. The molecule has 0 heterocycles. The Morgan fingerprint density at radius 1 is 0.444 bits per heavy atom. The summed E-state index contributed by atoms with van der Waals surface area (Å²) in [6, 6.07) is 39.6. The third-order valence-electron chi connectivity index (χ3n) is 7.12. The van der Waals surface area contributed by atoms with E-state index in [9.17, 15) is 4.79 Å². The van der Waals surface area contributed by atoms with Crippen molar-refractivity contribution < 1.29 is 23.7 Å². The third-order valence-corrected chi connectivity index (χ3v) is 7.12. The molecule has 230 valence electrons. The Morgan fingerprint density at radius 2 is 0.689 bits per heavy atom. The quantitative estimate of drug-likeness (QED) is 0.148. The van der Waals surface area contributed by atoms with Crippen molar-refractivity contribution in [1.29, 1.82) is 0 Å². The van der Waals surface area contributed by atoms with Crippen molar-refractivity contribution in [3.63, 3.8) is 0 Å². The molecule has 0 saturated heterocycles. The average molecular weight is 603 g/mol. The van der Waals surface area contributed by atoms with E-state index in [0.717, 1.165) is 51.4 Å². The van der Waals surface area contributed by atoms with Crippen molar-refractivity contribution in [2.75, 3.05) is 31.1 Å². The predicted molar refractivity (Wildman–Crippen MR) is 181 cm³/mol. The minimum atomic E-state index is -0.571.